The molecule has 1 aromatic heterocycles. The van der Waals surface area contributed by atoms with Crippen LogP contribution in [0.15, 0.2) is 42.5 Å². The number of halogens is 1. The fourth-order valence-corrected chi connectivity index (χ4v) is 3.49. The van der Waals surface area contributed by atoms with Crippen molar-refractivity contribution in [3.63, 3.8) is 0 Å². The molecule has 0 unspecified atom stereocenters. The molecular formula is C19H19FN2. The van der Waals surface area contributed by atoms with Gasteiger partial charge in [-0.3, -0.25) is 0 Å². The third-order valence-electron chi connectivity index (χ3n) is 4.58. The number of hydrogen-bond acceptors (Lipinski definition) is 1. The molecule has 0 N–H and O–H groups in total. The van der Waals surface area contributed by atoms with Crippen LogP contribution in [0, 0.1) is 12.7 Å². The van der Waals surface area contributed by atoms with Crippen molar-refractivity contribution in [3.05, 3.63) is 65.1 Å². The molecular weight excluding hydrogens is 275 g/mol. The predicted octanol–water partition coefficient (Wildman–Crippen LogP) is 4.07. The minimum absolute atomic E-state index is 0.190. The minimum atomic E-state index is -0.190. The van der Waals surface area contributed by atoms with E-state index in [0.29, 0.717) is 0 Å². The maximum absolute atomic E-state index is 13.3. The molecule has 4 rings (SSSR count). The molecule has 0 aliphatic carbocycles. The van der Waals surface area contributed by atoms with E-state index in [1.165, 1.54) is 39.9 Å². The highest BCUT2D eigenvalue weighted by Crippen LogP contribution is 2.33. The summed E-state index contributed by atoms with van der Waals surface area (Å²) in [6.45, 7) is 4.17. The highest BCUT2D eigenvalue weighted by Gasteiger charge is 2.23. The van der Waals surface area contributed by atoms with Crippen LogP contribution in [-0.2, 0) is 13.0 Å². The first-order chi connectivity index (χ1) is 10.6. The molecule has 112 valence electrons. The van der Waals surface area contributed by atoms with E-state index >= 15 is 0 Å². The number of aryl methyl sites for hydroxylation is 1. The Balaban J connectivity index is 2.03. The molecule has 3 aromatic rings. The van der Waals surface area contributed by atoms with E-state index < -0.39 is 0 Å². The van der Waals surface area contributed by atoms with Crippen molar-refractivity contribution in [1.29, 1.82) is 0 Å². The maximum atomic E-state index is 13.3. The summed E-state index contributed by atoms with van der Waals surface area (Å²) < 4.78 is 15.6. The molecule has 0 atom stereocenters. The molecule has 0 radical (unpaired) electrons. The summed E-state index contributed by atoms with van der Waals surface area (Å²) in [7, 11) is 2.17. The molecule has 0 fully saturated rings. The number of rotatable bonds is 1. The lowest BCUT2D eigenvalue weighted by molar-refractivity contribution is 0.311. The van der Waals surface area contributed by atoms with E-state index in [1.807, 2.05) is 12.1 Å². The lowest BCUT2D eigenvalue weighted by Crippen LogP contribution is -2.27. The summed E-state index contributed by atoms with van der Waals surface area (Å²) in [5.74, 6) is -0.190. The summed E-state index contributed by atoms with van der Waals surface area (Å²) in [5.41, 5.74) is 6.32. The largest absolute Gasteiger partial charge is 0.313 e. The Labute approximate surface area is 129 Å². The van der Waals surface area contributed by atoms with E-state index in [1.54, 1.807) is 0 Å². The van der Waals surface area contributed by atoms with Crippen molar-refractivity contribution in [2.24, 2.45) is 0 Å². The lowest BCUT2D eigenvalue weighted by Gasteiger charge is -2.24. The van der Waals surface area contributed by atoms with Crippen LogP contribution in [0.25, 0.3) is 16.6 Å². The standard InChI is InChI=1S/C19H19FN2/c1-13-3-8-18-16(11-13)17-12-21(2)10-9-19(17)22(18)15-6-4-14(20)5-7-15/h3-8,11H,9-10,12H2,1-2H3. The number of likely N-dealkylation sites (N-methyl/N-ethyl adjacent to an activating group) is 1. The van der Waals surface area contributed by atoms with Gasteiger partial charge in [-0.25, -0.2) is 4.39 Å². The molecule has 1 aliphatic rings. The van der Waals surface area contributed by atoms with Gasteiger partial charge >= 0.3 is 0 Å². The first kappa shape index (κ1) is 13.5. The highest BCUT2D eigenvalue weighted by atomic mass is 19.1. The smallest absolute Gasteiger partial charge is 0.123 e. The van der Waals surface area contributed by atoms with Crippen molar-refractivity contribution in [1.82, 2.24) is 9.47 Å². The fraction of sp³-hybridized carbons (Fsp3) is 0.263. The lowest BCUT2D eigenvalue weighted by atomic mass is 10.0. The normalized spacial score (nSPS) is 15.2. The quantitative estimate of drug-likeness (QED) is 0.657. The average Bonchev–Trinajstić information content (AvgIpc) is 2.81. The Kier molecular flexibility index (Phi) is 3.05. The van der Waals surface area contributed by atoms with Crippen LogP contribution in [-0.4, -0.2) is 23.1 Å². The zero-order valence-corrected chi connectivity index (χ0v) is 12.9. The van der Waals surface area contributed by atoms with E-state index in [0.717, 1.165) is 25.2 Å². The van der Waals surface area contributed by atoms with Gasteiger partial charge in [0.1, 0.15) is 5.82 Å². The van der Waals surface area contributed by atoms with Crippen molar-refractivity contribution in [2.45, 2.75) is 19.9 Å². The SMILES string of the molecule is Cc1ccc2c(c1)c1c(n2-c2ccc(F)cc2)CCN(C)C1. The summed E-state index contributed by atoms with van der Waals surface area (Å²) >= 11 is 0. The number of fused-ring (bicyclic) bond motifs is 3. The molecule has 3 heteroatoms. The Morgan fingerprint density at radius 2 is 1.82 bits per heavy atom. The van der Waals surface area contributed by atoms with Gasteiger partial charge in [-0.15, -0.1) is 0 Å². The van der Waals surface area contributed by atoms with Gasteiger partial charge in [0, 0.05) is 36.3 Å². The number of hydrogen-bond donors (Lipinski definition) is 0. The second kappa shape index (κ2) is 4.96. The van der Waals surface area contributed by atoms with E-state index in [2.05, 4.69) is 41.6 Å². The second-order valence-electron chi connectivity index (χ2n) is 6.25. The zero-order chi connectivity index (χ0) is 15.3. The van der Waals surface area contributed by atoms with E-state index in [9.17, 15) is 4.39 Å². The monoisotopic (exact) mass is 294 g/mol. The van der Waals surface area contributed by atoms with Gasteiger partial charge in [0.2, 0.25) is 0 Å². The molecule has 0 bridgehead atoms. The van der Waals surface area contributed by atoms with Crippen LogP contribution in [0.3, 0.4) is 0 Å². The van der Waals surface area contributed by atoms with Gasteiger partial charge in [0.15, 0.2) is 0 Å². The van der Waals surface area contributed by atoms with Gasteiger partial charge in [0.25, 0.3) is 0 Å². The van der Waals surface area contributed by atoms with Crippen LogP contribution in [0.1, 0.15) is 16.8 Å². The topological polar surface area (TPSA) is 8.17 Å². The Morgan fingerprint density at radius 3 is 2.59 bits per heavy atom. The molecule has 2 nitrogen and oxygen atoms in total. The van der Waals surface area contributed by atoms with Crippen molar-refractivity contribution in [2.75, 3.05) is 13.6 Å². The predicted molar refractivity (Wildman–Crippen MR) is 88.0 cm³/mol. The summed E-state index contributed by atoms with van der Waals surface area (Å²) in [4.78, 5) is 2.36. The van der Waals surface area contributed by atoms with Crippen molar-refractivity contribution >= 4 is 10.9 Å². The maximum Gasteiger partial charge on any atom is 0.123 e. The van der Waals surface area contributed by atoms with E-state index in [4.69, 9.17) is 0 Å². The molecule has 22 heavy (non-hydrogen) atoms. The molecule has 2 aromatic carbocycles. The summed E-state index contributed by atoms with van der Waals surface area (Å²) in [5, 5.41) is 1.32. The van der Waals surface area contributed by atoms with Gasteiger partial charge in [-0.05, 0) is 55.9 Å². The third kappa shape index (κ3) is 2.04. The molecule has 1 aliphatic heterocycles. The van der Waals surface area contributed by atoms with Crippen LogP contribution in [0.4, 0.5) is 4.39 Å². The van der Waals surface area contributed by atoms with Gasteiger partial charge in [-0.2, -0.15) is 0 Å². The van der Waals surface area contributed by atoms with E-state index in [-0.39, 0.29) is 5.82 Å². The van der Waals surface area contributed by atoms with Crippen molar-refractivity contribution in [3.8, 4) is 5.69 Å². The van der Waals surface area contributed by atoms with Crippen LogP contribution in [0.2, 0.25) is 0 Å². The Hall–Kier alpha value is -2.13. The number of nitrogens with zero attached hydrogens (tertiary/aromatic N) is 2. The third-order valence-corrected chi connectivity index (χ3v) is 4.58. The van der Waals surface area contributed by atoms with Crippen molar-refractivity contribution < 1.29 is 4.39 Å². The molecule has 0 amide bonds. The first-order valence-corrected chi connectivity index (χ1v) is 7.71. The van der Waals surface area contributed by atoms with Gasteiger partial charge in [0.05, 0.1) is 5.52 Å². The van der Waals surface area contributed by atoms with Crippen LogP contribution < -0.4 is 0 Å². The average molecular weight is 294 g/mol. The van der Waals surface area contributed by atoms with Crippen LogP contribution >= 0.6 is 0 Å². The molecule has 2 heterocycles. The summed E-state index contributed by atoms with van der Waals surface area (Å²) in [6, 6.07) is 13.4. The minimum Gasteiger partial charge on any atom is -0.313 e. The molecule has 0 saturated carbocycles. The number of aromatic nitrogens is 1. The Bertz CT molecular complexity index is 846. The Morgan fingerprint density at radius 1 is 1.05 bits per heavy atom. The van der Waals surface area contributed by atoms with Gasteiger partial charge < -0.3 is 9.47 Å². The highest BCUT2D eigenvalue weighted by molar-refractivity contribution is 5.88. The second-order valence-corrected chi connectivity index (χ2v) is 6.25. The number of benzene rings is 2. The molecule has 0 spiro atoms. The fourth-order valence-electron chi connectivity index (χ4n) is 3.49. The van der Waals surface area contributed by atoms with Crippen LogP contribution in [0.5, 0.6) is 0 Å². The summed E-state index contributed by atoms with van der Waals surface area (Å²) in [6.07, 6.45) is 1.02. The van der Waals surface area contributed by atoms with Gasteiger partial charge in [-0.1, -0.05) is 11.6 Å². The first-order valence-electron chi connectivity index (χ1n) is 7.71. The zero-order valence-electron chi connectivity index (χ0n) is 12.9. The molecule has 0 saturated heterocycles.